The third-order valence-electron chi connectivity index (χ3n) is 3.66. The maximum atomic E-state index is 12.1. The van der Waals surface area contributed by atoms with E-state index in [0.29, 0.717) is 13.0 Å². The number of thiophene rings is 1. The van der Waals surface area contributed by atoms with Crippen molar-refractivity contribution in [3.8, 4) is 0 Å². The Morgan fingerprint density at radius 1 is 1.12 bits per heavy atom. The lowest BCUT2D eigenvalue weighted by Gasteiger charge is -2.02. The number of hydrogen-bond acceptors (Lipinski definition) is 4. The van der Waals surface area contributed by atoms with Crippen LogP contribution in [0.2, 0.25) is 0 Å². The number of carbonyl (C=O) groups is 1. The zero-order chi connectivity index (χ0) is 16.8. The molecule has 0 radical (unpaired) electrons. The van der Waals surface area contributed by atoms with Crippen LogP contribution in [0.5, 0.6) is 0 Å². The molecule has 5 heteroatoms. The molecule has 2 aromatic heterocycles. The predicted octanol–water partition coefficient (Wildman–Crippen LogP) is 4.22. The number of benzene rings is 1. The first-order chi connectivity index (χ1) is 11.7. The number of nitrogens with one attached hydrogen (secondary N) is 1. The van der Waals surface area contributed by atoms with Gasteiger partial charge in [0.2, 0.25) is 5.91 Å². The molecule has 0 aliphatic rings. The second kappa shape index (κ2) is 8.22. The average molecular weight is 357 g/mol. The molecular weight excluding hydrogens is 336 g/mol. The Labute approximate surface area is 150 Å². The maximum absolute atomic E-state index is 12.1. The summed E-state index contributed by atoms with van der Waals surface area (Å²) in [4.78, 5) is 19.2. The lowest BCUT2D eigenvalue weighted by atomic mass is 10.2. The van der Waals surface area contributed by atoms with Crippen LogP contribution < -0.4 is 5.32 Å². The topological polar surface area (TPSA) is 42.0 Å². The molecule has 0 aliphatic carbocycles. The minimum atomic E-state index is 0.0259. The number of rotatable bonds is 7. The largest absolute Gasteiger partial charge is 0.351 e. The van der Waals surface area contributed by atoms with E-state index >= 15 is 0 Å². The summed E-state index contributed by atoms with van der Waals surface area (Å²) in [6.45, 7) is 2.74. The van der Waals surface area contributed by atoms with Crippen molar-refractivity contribution >= 4 is 28.6 Å². The van der Waals surface area contributed by atoms with Gasteiger partial charge < -0.3 is 5.32 Å². The fourth-order valence-electron chi connectivity index (χ4n) is 2.40. The quantitative estimate of drug-likeness (QED) is 0.689. The number of aryl methyl sites for hydroxylation is 1. The summed E-state index contributed by atoms with van der Waals surface area (Å²) >= 11 is 3.38. The van der Waals surface area contributed by atoms with Crippen LogP contribution in [0.25, 0.3) is 0 Å². The van der Waals surface area contributed by atoms with Gasteiger partial charge in [-0.05, 0) is 24.1 Å². The van der Waals surface area contributed by atoms with Gasteiger partial charge >= 0.3 is 0 Å². The van der Waals surface area contributed by atoms with Crippen molar-refractivity contribution in [2.45, 2.75) is 32.7 Å². The summed E-state index contributed by atoms with van der Waals surface area (Å²) in [7, 11) is 0. The van der Waals surface area contributed by atoms with Gasteiger partial charge in [0.05, 0.1) is 23.7 Å². The summed E-state index contributed by atoms with van der Waals surface area (Å²) in [6.07, 6.45) is 2.21. The van der Waals surface area contributed by atoms with E-state index in [2.05, 4.69) is 41.5 Å². The maximum Gasteiger partial charge on any atom is 0.226 e. The van der Waals surface area contributed by atoms with Gasteiger partial charge in [-0.2, -0.15) is 0 Å². The van der Waals surface area contributed by atoms with E-state index in [1.54, 1.807) is 22.7 Å². The lowest BCUT2D eigenvalue weighted by molar-refractivity contribution is -0.120. The summed E-state index contributed by atoms with van der Waals surface area (Å²) in [5, 5.41) is 6.02. The molecule has 3 aromatic rings. The first-order valence-corrected chi connectivity index (χ1v) is 9.74. The van der Waals surface area contributed by atoms with Crippen LogP contribution in [0.15, 0.2) is 47.8 Å². The molecular formula is C19H20N2OS2. The Bertz CT molecular complexity index is 793. The molecule has 0 fully saturated rings. The van der Waals surface area contributed by atoms with E-state index in [-0.39, 0.29) is 5.91 Å². The molecule has 0 bridgehead atoms. The second-order valence-corrected chi connectivity index (χ2v) is 7.77. The van der Waals surface area contributed by atoms with Crippen molar-refractivity contribution in [3.05, 3.63) is 73.9 Å². The van der Waals surface area contributed by atoms with Gasteiger partial charge in [0.25, 0.3) is 0 Å². The summed E-state index contributed by atoms with van der Waals surface area (Å²) in [6, 6.07) is 14.5. The monoisotopic (exact) mass is 356 g/mol. The Morgan fingerprint density at radius 2 is 1.92 bits per heavy atom. The summed E-state index contributed by atoms with van der Waals surface area (Å²) in [5.74, 6) is 0.0259. The number of amides is 1. The van der Waals surface area contributed by atoms with Crippen LogP contribution in [0.1, 0.15) is 32.9 Å². The van der Waals surface area contributed by atoms with Crippen LogP contribution in [-0.4, -0.2) is 10.9 Å². The zero-order valence-corrected chi connectivity index (χ0v) is 15.3. The fourth-order valence-corrected chi connectivity index (χ4v) is 4.13. The van der Waals surface area contributed by atoms with Crippen molar-refractivity contribution in [3.63, 3.8) is 0 Å². The minimum absolute atomic E-state index is 0.0259. The molecule has 0 unspecified atom stereocenters. The highest BCUT2D eigenvalue weighted by molar-refractivity contribution is 7.12. The number of thiazole rings is 1. The van der Waals surface area contributed by atoms with E-state index in [1.165, 1.54) is 15.3 Å². The molecule has 0 atom stereocenters. The Balaban J connectivity index is 1.49. The molecule has 124 valence electrons. The van der Waals surface area contributed by atoms with Gasteiger partial charge in [-0.25, -0.2) is 4.98 Å². The fraction of sp³-hybridized carbons (Fsp3) is 0.263. The van der Waals surface area contributed by atoms with Crippen LogP contribution in [0.4, 0.5) is 0 Å². The lowest BCUT2D eigenvalue weighted by Crippen LogP contribution is -2.24. The van der Waals surface area contributed by atoms with E-state index in [4.69, 9.17) is 0 Å². The van der Waals surface area contributed by atoms with Gasteiger partial charge in [-0.15, -0.1) is 22.7 Å². The molecule has 3 rings (SSSR count). The SMILES string of the molecule is CCc1ccc(CNC(=O)Cc2csc(Cc3ccccc3)n2)s1. The highest BCUT2D eigenvalue weighted by Gasteiger charge is 2.09. The molecule has 2 heterocycles. The molecule has 0 aliphatic heterocycles. The second-order valence-electron chi connectivity index (χ2n) is 5.57. The average Bonchev–Trinajstić information content (AvgIpc) is 3.23. The third kappa shape index (κ3) is 4.76. The van der Waals surface area contributed by atoms with Crippen LogP contribution in [0.3, 0.4) is 0 Å². The van der Waals surface area contributed by atoms with Crippen LogP contribution >= 0.6 is 22.7 Å². The number of nitrogens with zero attached hydrogens (tertiary/aromatic N) is 1. The molecule has 0 saturated heterocycles. The van der Waals surface area contributed by atoms with Gasteiger partial charge in [0, 0.05) is 21.6 Å². The highest BCUT2D eigenvalue weighted by Crippen LogP contribution is 2.17. The zero-order valence-electron chi connectivity index (χ0n) is 13.6. The molecule has 0 saturated carbocycles. The molecule has 0 spiro atoms. The number of carbonyl (C=O) groups excluding carboxylic acids is 1. The third-order valence-corrected chi connectivity index (χ3v) is 5.79. The Kier molecular flexibility index (Phi) is 5.77. The Morgan fingerprint density at radius 3 is 2.67 bits per heavy atom. The standard InChI is InChI=1S/C19H20N2OS2/c1-2-16-8-9-17(24-16)12-20-18(22)11-15-13-23-19(21-15)10-14-6-4-3-5-7-14/h3-9,13H,2,10-12H2,1H3,(H,20,22). The molecule has 1 aromatic carbocycles. The number of hydrogen-bond donors (Lipinski definition) is 1. The van der Waals surface area contributed by atoms with Gasteiger partial charge in [-0.1, -0.05) is 37.3 Å². The Hall–Kier alpha value is -1.98. The molecule has 1 amide bonds. The summed E-state index contributed by atoms with van der Waals surface area (Å²) in [5.41, 5.74) is 2.09. The molecule has 24 heavy (non-hydrogen) atoms. The normalized spacial score (nSPS) is 10.7. The minimum Gasteiger partial charge on any atom is -0.351 e. The first kappa shape index (κ1) is 16.9. The van der Waals surface area contributed by atoms with E-state index in [1.807, 2.05) is 23.6 Å². The molecule has 3 nitrogen and oxygen atoms in total. The number of aromatic nitrogens is 1. The highest BCUT2D eigenvalue weighted by atomic mass is 32.1. The summed E-state index contributed by atoms with van der Waals surface area (Å²) < 4.78 is 0. The van der Waals surface area contributed by atoms with Crippen molar-refractivity contribution in [1.29, 1.82) is 0 Å². The van der Waals surface area contributed by atoms with E-state index in [0.717, 1.165) is 23.5 Å². The van der Waals surface area contributed by atoms with Gasteiger partial charge in [0.1, 0.15) is 0 Å². The van der Waals surface area contributed by atoms with Crippen molar-refractivity contribution in [2.24, 2.45) is 0 Å². The van der Waals surface area contributed by atoms with E-state index in [9.17, 15) is 4.79 Å². The molecule has 1 N–H and O–H groups in total. The smallest absolute Gasteiger partial charge is 0.226 e. The van der Waals surface area contributed by atoms with Crippen LogP contribution in [0, 0.1) is 0 Å². The van der Waals surface area contributed by atoms with Crippen LogP contribution in [-0.2, 0) is 30.6 Å². The van der Waals surface area contributed by atoms with E-state index < -0.39 is 0 Å². The predicted molar refractivity (Wildman–Crippen MR) is 101 cm³/mol. The van der Waals surface area contributed by atoms with Crippen molar-refractivity contribution in [1.82, 2.24) is 10.3 Å². The van der Waals surface area contributed by atoms with Gasteiger partial charge in [-0.3, -0.25) is 4.79 Å². The first-order valence-electron chi connectivity index (χ1n) is 8.04. The van der Waals surface area contributed by atoms with Crippen molar-refractivity contribution < 1.29 is 4.79 Å². The van der Waals surface area contributed by atoms with Crippen molar-refractivity contribution in [2.75, 3.05) is 0 Å². The van der Waals surface area contributed by atoms with Gasteiger partial charge in [0.15, 0.2) is 0 Å².